The van der Waals surface area contributed by atoms with Crippen molar-refractivity contribution in [3.05, 3.63) is 22.4 Å². The van der Waals surface area contributed by atoms with Crippen LogP contribution in [0.2, 0.25) is 0 Å². The second-order valence-corrected chi connectivity index (χ2v) is 7.86. The van der Waals surface area contributed by atoms with Crippen molar-refractivity contribution in [1.29, 1.82) is 0 Å². The van der Waals surface area contributed by atoms with Crippen LogP contribution in [-0.4, -0.2) is 25.3 Å². The predicted molar refractivity (Wildman–Crippen MR) is 79.7 cm³/mol. The molecule has 19 heavy (non-hydrogen) atoms. The summed E-state index contributed by atoms with van der Waals surface area (Å²) in [5.74, 6) is 0.287. The average Bonchev–Trinajstić information content (AvgIpc) is 2.80. The first-order valence-corrected chi connectivity index (χ1v) is 9.08. The Labute approximate surface area is 119 Å². The Morgan fingerprint density at radius 2 is 2.11 bits per heavy atom. The lowest BCUT2D eigenvalue weighted by Gasteiger charge is -2.18. The van der Waals surface area contributed by atoms with Gasteiger partial charge >= 0.3 is 0 Å². The van der Waals surface area contributed by atoms with E-state index in [9.17, 15) is 13.5 Å². The quantitative estimate of drug-likeness (QED) is 0.775. The number of nitrogens with one attached hydrogen (secondary N) is 1. The zero-order valence-electron chi connectivity index (χ0n) is 11.7. The summed E-state index contributed by atoms with van der Waals surface area (Å²) >= 11 is 1.48. The molecular formula is C13H23NO3S2. The molecule has 0 aromatic carbocycles. The highest BCUT2D eigenvalue weighted by Crippen LogP contribution is 2.23. The summed E-state index contributed by atoms with van der Waals surface area (Å²) < 4.78 is 26.4. The van der Waals surface area contributed by atoms with Crippen LogP contribution < -0.4 is 4.72 Å². The van der Waals surface area contributed by atoms with Crippen LogP contribution in [0.4, 0.5) is 0 Å². The Bertz CT molecular complexity index is 456. The summed E-state index contributed by atoms with van der Waals surface area (Å²) in [7, 11) is -3.26. The van der Waals surface area contributed by atoms with Crippen LogP contribution in [0.1, 0.15) is 44.6 Å². The summed E-state index contributed by atoms with van der Waals surface area (Å²) in [6, 6.07) is 3.46. The predicted octanol–water partition coefficient (Wildman–Crippen LogP) is 2.53. The fraction of sp³-hybridized carbons (Fsp3) is 0.692. The molecule has 1 aromatic rings. The molecule has 0 radical (unpaired) electrons. The Balaban J connectivity index is 2.48. The monoisotopic (exact) mass is 305 g/mol. The molecule has 6 heteroatoms. The topological polar surface area (TPSA) is 66.4 Å². The lowest BCUT2D eigenvalue weighted by molar-refractivity contribution is 0.161. The molecular weight excluding hydrogens is 282 g/mol. The van der Waals surface area contributed by atoms with Crippen molar-refractivity contribution in [3.63, 3.8) is 0 Å². The maximum atomic E-state index is 11.9. The summed E-state index contributed by atoms with van der Waals surface area (Å²) in [5.41, 5.74) is 0. The van der Waals surface area contributed by atoms with Crippen molar-refractivity contribution in [2.45, 2.75) is 45.8 Å². The van der Waals surface area contributed by atoms with Gasteiger partial charge in [-0.25, -0.2) is 13.1 Å². The molecule has 0 aliphatic carbocycles. The molecule has 0 aliphatic rings. The average molecular weight is 305 g/mol. The smallest absolute Gasteiger partial charge is 0.212 e. The zero-order valence-corrected chi connectivity index (χ0v) is 13.3. The van der Waals surface area contributed by atoms with Gasteiger partial charge in [0.2, 0.25) is 10.0 Å². The van der Waals surface area contributed by atoms with Crippen LogP contribution in [0, 0.1) is 5.92 Å². The fourth-order valence-corrected chi connectivity index (χ4v) is 4.34. The van der Waals surface area contributed by atoms with Crippen molar-refractivity contribution in [1.82, 2.24) is 4.72 Å². The lowest BCUT2D eigenvalue weighted by Crippen LogP contribution is -2.36. The van der Waals surface area contributed by atoms with E-state index >= 15 is 0 Å². The third kappa shape index (κ3) is 6.03. The number of thiophene rings is 1. The van der Waals surface area contributed by atoms with Crippen molar-refractivity contribution >= 4 is 21.4 Å². The Hall–Kier alpha value is -0.430. The summed E-state index contributed by atoms with van der Waals surface area (Å²) in [6.07, 6.45) is 0.620. The molecule has 0 aliphatic heterocycles. The second kappa shape index (κ2) is 7.38. The van der Waals surface area contributed by atoms with Gasteiger partial charge < -0.3 is 5.11 Å². The second-order valence-electron chi connectivity index (χ2n) is 5.08. The summed E-state index contributed by atoms with van der Waals surface area (Å²) in [6.45, 7) is 5.68. The summed E-state index contributed by atoms with van der Waals surface area (Å²) in [5, 5.41) is 11.9. The fourth-order valence-electron chi connectivity index (χ4n) is 1.83. The van der Waals surface area contributed by atoms with Gasteiger partial charge in [-0.05, 0) is 30.7 Å². The van der Waals surface area contributed by atoms with E-state index in [4.69, 9.17) is 0 Å². The molecule has 2 N–H and O–H groups in total. The number of aliphatic hydroxyl groups excluding tert-OH is 1. The van der Waals surface area contributed by atoms with Crippen molar-refractivity contribution in [3.8, 4) is 0 Å². The Morgan fingerprint density at radius 1 is 1.42 bits per heavy atom. The first-order chi connectivity index (χ1) is 8.84. The van der Waals surface area contributed by atoms with E-state index in [1.54, 1.807) is 6.92 Å². The SMILES string of the molecule is CCC(C)CS(=O)(=O)NC(C)CC(O)c1cccs1. The minimum atomic E-state index is -3.26. The van der Waals surface area contributed by atoms with Crippen LogP contribution in [0.5, 0.6) is 0 Å². The molecule has 3 atom stereocenters. The lowest BCUT2D eigenvalue weighted by atomic mass is 10.1. The third-order valence-corrected chi connectivity index (χ3v) is 5.77. The maximum Gasteiger partial charge on any atom is 0.212 e. The van der Waals surface area contributed by atoms with Crippen LogP contribution >= 0.6 is 11.3 Å². The molecule has 0 spiro atoms. The number of sulfonamides is 1. The number of hydrogen-bond donors (Lipinski definition) is 2. The van der Waals surface area contributed by atoms with Gasteiger partial charge in [-0.15, -0.1) is 11.3 Å². The number of aliphatic hydroxyl groups is 1. The normalized spacial score (nSPS) is 17.1. The molecule has 1 aromatic heterocycles. The standard InChI is InChI=1S/C13H23NO3S2/c1-4-10(2)9-19(16,17)14-11(3)8-12(15)13-6-5-7-18-13/h5-7,10-12,14-15H,4,8-9H2,1-3H3. The third-order valence-electron chi connectivity index (χ3n) is 3.03. The molecule has 0 saturated heterocycles. The minimum Gasteiger partial charge on any atom is -0.388 e. The molecule has 0 amide bonds. The van der Waals surface area contributed by atoms with E-state index in [0.29, 0.717) is 6.42 Å². The van der Waals surface area contributed by atoms with Crippen LogP contribution in [0.3, 0.4) is 0 Å². The van der Waals surface area contributed by atoms with Crippen molar-refractivity contribution < 1.29 is 13.5 Å². The zero-order chi connectivity index (χ0) is 14.5. The van der Waals surface area contributed by atoms with Crippen molar-refractivity contribution in [2.75, 3.05) is 5.75 Å². The molecule has 1 rings (SSSR count). The van der Waals surface area contributed by atoms with Gasteiger partial charge in [-0.2, -0.15) is 0 Å². The van der Waals surface area contributed by atoms with Crippen LogP contribution in [-0.2, 0) is 10.0 Å². The van der Waals surface area contributed by atoms with Gasteiger partial charge in [-0.3, -0.25) is 0 Å². The van der Waals surface area contributed by atoms with E-state index in [0.717, 1.165) is 11.3 Å². The van der Waals surface area contributed by atoms with Gasteiger partial charge in [0.05, 0.1) is 11.9 Å². The largest absolute Gasteiger partial charge is 0.388 e. The number of rotatable bonds is 8. The van der Waals surface area contributed by atoms with E-state index < -0.39 is 16.1 Å². The first kappa shape index (κ1) is 16.6. The van der Waals surface area contributed by atoms with Gasteiger partial charge in [0.25, 0.3) is 0 Å². The highest BCUT2D eigenvalue weighted by atomic mass is 32.2. The van der Waals surface area contributed by atoms with Crippen LogP contribution in [0.15, 0.2) is 17.5 Å². The molecule has 0 bridgehead atoms. The minimum absolute atomic E-state index is 0.142. The summed E-state index contributed by atoms with van der Waals surface area (Å²) in [4.78, 5) is 0.868. The van der Waals surface area contributed by atoms with Gasteiger partial charge in [0.1, 0.15) is 0 Å². The molecule has 4 nitrogen and oxygen atoms in total. The van der Waals surface area contributed by atoms with E-state index in [-0.39, 0.29) is 17.7 Å². The molecule has 1 heterocycles. The van der Waals surface area contributed by atoms with Gasteiger partial charge in [-0.1, -0.05) is 26.3 Å². The van der Waals surface area contributed by atoms with Gasteiger partial charge in [0.15, 0.2) is 0 Å². The Morgan fingerprint density at radius 3 is 2.63 bits per heavy atom. The molecule has 3 unspecified atom stereocenters. The van der Waals surface area contributed by atoms with E-state index in [1.807, 2.05) is 31.4 Å². The highest BCUT2D eigenvalue weighted by Gasteiger charge is 2.20. The van der Waals surface area contributed by atoms with Gasteiger partial charge in [0, 0.05) is 10.9 Å². The highest BCUT2D eigenvalue weighted by molar-refractivity contribution is 7.89. The van der Waals surface area contributed by atoms with Crippen LogP contribution in [0.25, 0.3) is 0 Å². The molecule has 0 fully saturated rings. The first-order valence-electron chi connectivity index (χ1n) is 6.55. The van der Waals surface area contributed by atoms with Crippen molar-refractivity contribution in [2.24, 2.45) is 5.92 Å². The number of hydrogen-bond acceptors (Lipinski definition) is 4. The van der Waals surface area contributed by atoms with E-state index in [1.165, 1.54) is 11.3 Å². The Kier molecular flexibility index (Phi) is 6.46. The molecule has 0 saturated carbocycles. The molecule has 110 valence electrons. The maximum absolute atomic E-state index is 11.9. The van der Waals surface area contributed by atoms with E-state index in [2.05, 4.69) is 4.72 Å².